The van der Waals surface area contributed by atoms with Crippen LogP contribution in [0.2, 0.25) is 0 Å². The van der Waals surface area contributed by atoms with E-state index in [1.165, 1.54) is 6.07 Å². The van der Waals surface area contributed by atoms with Gasteiger partial charge in [-0.1, -0.05) is 17.0 Å². The van der Waals surface area contributed by atoms with E-state index < -0.39 is 11.6 Å². The fraction of sp³-hybridized carbons (Fsp3) is 0.100. The molecule has 0 bridgehead atoms. The molecule has 1 aromatic carbocycles. The van der Waals surface area contributed by atoms with Gasteiger partial charge < -0.3 is 0 Å². The highest BCUT2D eigenvalue weighted by molar-refractivity contribution is 5.42. The van der Waals surface area contributed by atoms with Crippen molar-refractivity contribution in [2.45, 2.75) is 0 Å². The first-order chi connectivity index (χ1) is 7.69. The monoisotopic (exact) mass is 218 g/mol. The van der Waals surface area contributed by atoms with Crippen molar-refractivity contribution in [3.05, 3.63) is 45.3 Å². The van der Waals surface area contributed by atoms with Crippen LogP contribution in [0.5, 0.6) is 0 Å². The molecule has 0 saturated heterocycles. The third kappa shape index (κ3) is 2.71. The molecular formula is C10H4F2N4. The number of hydrogen-bond acceptors (Lipinski definition) is 2. The zero-order chi connectivity index (χ0) is 12.0. The highest BCUT2D eigenvalue weighted by Gasteiger charge is 2.07. The Bertz CT molecular complexity index is 557. The highest BCUT2D eigenvalue weighted by Crippen LogP contribution is 2.13. The summed E-state index contributed by atoms with van der Waals surface area (Å²) in [5.74, 6) is 3.03. The summed E-state index contributed by atoms with van der Waals surface area (Å²) in [5.41, 5.74) is 7.40. The molecular weight excluding hydrogens is 214 g/mol. The molecule has 1 rings (SSSR count). The molecule has 6 heteroatoms. The largest absolute Gasteiger partial charge is 0.206 e. The van der Waals surface area contributed by atoms with Gasteiger partial charge in [-0.25, -0.2) is 8.78 Å². The van der Waals surface area contributed by atoms with E-state index in [4.69, 9.17) is 10.8 Å². The minimum Gasteiger partial charge on any atom is -0.206 e. The zero-order valence-electron chi connectivity index (χ0n) is 7.91. The van der Waals surface area contributed by atoms with Crippen LogP contribution in [0.15, 0.2) is 17.2 Å². The fourth-order valence-electron chi connectivity index (χ4n) is 0.930. The number of nitrogens with zero attached hydrogens (tertiary/aromatic N) is 4. The first kappa shape index (κ1) is 11.5. The fourth-order valence-corrected chi connectivity index (χ4v) is 0.930. The van der Waals surface area contributed by atoms with Gasteiger partial charge in [-0.05, 0) is 17.7 Å². The third-order valence-electron chi connectivity index (χ3n) is 1.61. The summed E-state index contributed by atoms with van der Waals surface area (Å²) in [7, 11) is 0. The van der Waals surface area contributed by atoms with Crippen LogP contribution in [0.3, 0.4) is 0 Å². The summed E-state index contributed by atoms with van der Waals surface area (Å²) >= 11 is 0. The van der Waals surface area contributed by atoms with E-state index in [0.29, 0.717) is 0 Å². The first-order valence-electron chi connectivity index (χ1n) is 4.08. The number of benzene rings is 1. The quantitative estimate of drug-likeness (QED) is 0.309. The normalized spacial score (nSPS) is 8.31. The van der Waals surface area contributed by atoms with Gasteiger partial charge in [-0.15, -0.1) is 0 Å². The van der Waals surface area contributed by atoms with Crippen LogP contribution >= 0.6 is 0 Å². The summed E-state index contributed by atoms with van der Waals surface area (Å²) in [6.07, 6.45) is 0. The Morgan fingerprint density at radius 3 is 2.56 bits per heavy atom. The maximum absolute atomic E-state index is 13.2. The van der Waals surface area contributed by atoms with Crippen LogP contribution in [-0.2, 0) is 0 Å². The van der Waals surface area contributed by atoms with Gasteiger partial charge in [0.2, 0.25) is 0 Å². The molecule has 0 unspecified atom stereocenters. The van der Waals surface area contributed by atoms with Gasteiger partial charge in [0.15, 0.2) is 0 Å². The van der Waals surface area contributed by atoms with Crippen molar-refractivity contribution < 1.29 is 8.78 Å². The molecule has 4 nitrogen and oxygen atoms in total. The van der Waals surface area contributed by atoms with Gasteiger partial charge in [-0.2, -0.15) is 5.26 Å². The number of hydrogen-bond donors (Lipinski definition) is 0. The molecule has 0 heterocycles. The average Bonchev–Trinajstić information content (AvgIpc) is 2.28. The lowest BCUT2D eigenvalue weighted by atomic mass is 10.1. The number of halogens is 2. The summed E-state index contributed by atoms with van der Waals surface area (Å²) in [6, 6.07) is 3.11. The molecule has 78 valence electrons. The Hall–Kier alpha value is -2.56. The average molecular weight is 218 g/mol. The highest BCUT2D eigenvalue weighted by atomic mass is 19.1. The van der Waals surface area contributed by atoms with Crippen LogP contribution < -0.4 is 0 Å². The topological polar surface area (TPSA) is 72.5 Å². The SMILES string of the molecule is N#Cc1cc(F)c(C#CCN=[N+]=[N-])cc1F. The number of nitriles is 1. The second-order valence-electron chi connectivity index (χ2n) is 2.61. The van der Waals surface area contributed by atoms with Crippen LogP contribution in [0.25, 0.3) is 10.4 Å². The molecule has 0 fully saturated rings. The lowest BCUT2D eigenvalue weighted by Gasteiger charge is -1.96. The van der Waals surface area contributed by atoms with E-state index in [2.05, 4.69) is 21.9 Å². The van der Waals surface area contributed by atoms with Gasteiger partial charge in [0, 0.05) is 4.91 Å². The Labute approximate surface area is 89.7 Å². The molecule has 0 spiro atoms. The molecule has 16 heavy (non-hydrogen) atoms. The van der Waals surface area contributed by atoms with Crippen molar-refractivity contribution >= 4 is 0 Å². The van der Waals surface area contributed by atoms with Crippen molar-refractivity contribution in [3.8, 4) is 17.9 Å². The molecule has 0 radical (unpaired) electrons. The number of rotatable bonds is 1. The standard InChI is InChI=1S/C10H4F2N4/c11-9-5-8(6-13)10(12)4-7(9)2-1-3-15-16-14/h4-5H,3H2. The van der Waals surface area contributed by atoms with Crippen molar-refractivity contribution in [3.63, 3.8) is 0 Å². The zero-order valence-corrected chi connectivity index (χ0v) is 7.91. The van der Waals surface area contributed by atoms with E-state index in [1.807, 2.05) is 0 Å². The van der Waals surface area contributed by atoms with Gasteiger partial charge >= 0.3 is 0 Å². The van der Waals surface area contributed by atoms with Gasteiger partial charge in [0.05, 0.1) is 17.7 Å². The van der Waals surface area contributed by atoms with E-state index >= 15 is 0 Å². The first-order valence-corrected chi connectivity index (χ1v) is 4.08. The van der Waals surface area contributed by atoms with Gasteiger partial charge in [0.1, 0.15) is 17.7 Å². The molecule has 0 aliphatic rings. The maximum Gasteiger partial charge on any atom is 0.142 e. The van der Waals surface area contributed by atoms with Crippen molar-refractivity contribution in [1.82, 2.24) is 0 Å². The summed E-state index contributed by atoms with van der Waals surface area (Å²) in [4.78, 5) is 2.45. The third-order valence-corrected chi connectivity index (χ3v) is 1.61. The summed E-state index contributed by atoms with van der Waals surface area (Å²) in [6.45, 7) is -0.127. The van der Waals surface area contributed by atoms with Crippen molar-refractivity contribution in [2.75, 3.05) is 6.54 Å². The second-order valence-corrected chi connectivity index (χ2v) is 2.61. The second kappa shape index (κ2) is 5.35. The molecule has 0 amide bonds. The van der Waals surface area contributed by atoms with Crippen LogP contribution in [-0.4, -0.2) is 6.54 Å². The lowest BCUT2D eigenvalue weighted by molar-refractivity contribution is 0.594. The Morgan fingerprint density at radius 2 is 1.94 bits per heavy atom. The minimum absolute atomic E-state index is 0.127. The van der Waals surface area contributed by atoms with E-state index in [-0.39, 0.29) is 17.7 Å². The molecule has 0 aliphatic carbocycles. The Kier molecular flexibility index (Phi) is 3.85. The summed E-state index contributed by atoms with van der Waals surface area (Å²) < 4.78 is 26.3. The van der Waals surface area contributed by atoms with Gasteiger partial charge in [0.25, 0.3) is 0 Å². The van der Waals surface area contributed by atoms with Crippen LogP contribution in [0, 0.1) is 34.8 Å². The predicted octanol–water partition coefficient (Wildman–Crippen LogP) is 2.50. The van der Waals surface area contributed by atoms with Crippen molar-refractivity contribution in [1.29, 1.82) is 5.26 Å². The van der Waals surface area contributed by atoms with E-state index in [0.717, 1.165) is 12.1 Å². The Morgan fingerprint density at radius 1 is 1.31 bits per heavy atom. The summed E-state index contributed by atoms with van der Waals surface area (Å²) in [5, 5.41) is 11.5. The minimum atomic E-state index is -0.836. The Balaban J connectivity index is 3.06. The molecule has 0 N–H and O–H groups in total. The smallest absolute Gasteiger partial charge is 0.142 e. The lowest BCUT2D eigenvalue weighted by Crippen LogP contribution is -1.91. The van der Waals surface area contributed by atoms with Crippen LogP contribution in [0.1, 0.15) is 11.1 Å². The predicted molar refractivity (Wildman–Crippen MR) is 52.0 cm³/mol. The molecule has 1 aromatic rings. The van der Waals surface area contributed by atoms with Crippen molar-refractivity contribution in [2.24, 2.45) is 5.11 Å². The number of azide groups is 1. The molecule has 0 aromatic heterocycles. The maximum atomic E-state index is 13.2. The molecule has 0 atom stereocenters. The molecule has 0 aliphatic heterocycles. The van der Waals surface area contributed by atoms with Gasteiger partial charge in [-0.3, -0.25) is 0 Å². The van der Waals surface area contributed by atoms with Crippen LogP contribution in [0.4, 0.5) is 8.78 Å². The molecule has 0 saturated carbocycles. The van der Waals surface area contributed by atoms with E-state index in [9.17, 15) is 8.78 Å². The van der Waals surface area contributed by atoms with E-state index in [1.54, 1.807) is 0 Å².